The largest absolute Gasteiger partial charge is 0.384 e. The first kappa shape index (κ1) is 17.6. The summed E-state index contributed by atoms with van der Waals surface area (Å²) in [5.41, 5.74) is -0.238. The third-order valence-electron chi connectivity index (χ3n) is 3.73. The minimum atomic E-state index is -0.238. The number of ketones is 1. The first-order valence-corrected chi connectivity index (χ1v) is 7.40. The lowest BCUT2D eigenvalue weighted by atomic mass is 9.73. The number of hydrogen-bond donors (Lipinski definition) is 0. The zero-order chi connectivity index (χ0) is 14.2. The summed E-state index contributed by atoms with van der Waals surface area (Å²) in [5, 5.41) is 0. The number of ether oxygens (including phenoxy) is 1. The Kier molecular flexibility index (Phi) is 8.51. The lowest BCUT2D eigenvalue weighted by molar-refractivity contribution is -0.133. The van der Waals surface area contributed by atoms with Crippen LogP contribution in [0.2, 0.25) is 0 Å². The van der Waals surface area contributed by atoms with E-state index in [-0.39, 0.29) is 5.41 Å². The molecule has 0 saturated heterocycles. The second kappa shape index (κ2) is 8.68. The van der Waals surface area contributed by atoms with Gasteiger partial charge in [-0.15, -0.1) is 0 Å². The van der Waals surface area contributed by atoms with Gasteiger partial charge in [0.05, 0.1) is 12.0 Å². The van der Waals surface area contributed by atoms with Gasteiger partial charge in [0, 0.05) is 13.5 Å². The molecule has 0 aromatic carbocycles. The number of methoxy groups -OCH3 is 1. The Balaban J connectivity index is 4.83. The van der Waals surface area contributed by atoms with E-state index in [0.717, 1.165) is 25.7 Å². The van der Waals surface area contributed by atoms with Gasteiger partial charge in [0.2, 0.25) is 0 Å². The zero-order valence-corrected chi connectivity index (χ0v) is 13.2. The third-order valence-corrected chi connectivity index (χ3v) is 3.73. The first-order valence-electron chi connectivity index (χ1n) is 7.40. The maximum Gasteiger partial charge on any atom is 0.141 e. The van der Waals surface area contributed by atoms with Crippen molar-refractivity contribution in [1.82, 2.24) is 0 Å². The van der Waals surface area contributed by atoms with Crippen molar-refractivity contribution in [1.29, 1.82) is 0 Å². The zero-order valence-electron chi connectivity index (χ0n) is 13.2. The van der Waals surface area contributed by atoms with Crippen LogP contribution in [0.3, 0.4) is 0 Å². The van der Waals surface area contributed by atoms with Crippen molar-refractivity contribution in [3.05, 3.63) is 0 Å². The standard InChI is InChI=1S/C16H32O2/c1-7-15(17)16(12-18-6,10-8-13(2)3)11-9-14(4)5/h13-14H,7-12H2,1-6H3. The molecule has 0 saturated carbocycles. The summed E-state index contributed by atoms with van der Waals surface area (Å²) >= 11 is 0. The summed E-state index contributed by atoms with van der Waals surface area (Å²) in [6.07, 6.45) is 4.77. The molecule has 0 rings (SSSR count). The number of carbonyl (C=O) groups excluding carboxylic acids is 1. The molecule has 0 atom stereocenters. The van der Waals surface area contributed by atoms with Crippen LogP contribution < -0.4 is 0 Å². The number of rotatable bonds is 10. The first-order chi connectivity index (χ1) is 8.38. The molecule has 0 aliphatic heterocycles. The highest BCUT2D eigenvalue weighted by Gasteiger charge is 2.36. The van der Waals surface area contributed by atoms with E-state index >= 15 is 0 Å². The highest BCUT2D eigenvalue weighted by molar-refractivity contribution is 5.84. The second-order valence-electron chi connectivity index (χ2n) is 6.36. The molecule has 0 unspecified atom stereocenters. The van der Waals surface area contributed by atoms with Crippen LogP contribution in [0.4, 0.5) is 0 Å². The van der Waals surface area contributed by atoms with Crippen molar-refractivity contribution < 1.29 is 9.53 Å². The van der Waals surface area contributed by atoms with Gasteiger partial charge < -0.3 is 4.74 Å². The summed E-state index contributed by atoms with van der Waals surface area (Å²) in [6, 6.07) is 0. The van der Waals surface area contributed by atoms with E-state index in [0.29, 0.717) is 30.6 Å². The van der Waals surface area contributed by atoms with Crippen molar-refractivity contribution in [2.24, 2.45) is 17.3 Å². The maximum atomic E-state index is 12.4. The minimum absolute atomic E-state index is 0.238. The number of Topliss-reactive ketones (excluding diaryl/α,β-unsaturated/α-hetero) is 1. The molecule has 0 fully saturated rings. The normalized spacial score (nSPS) is 12.4. The molecule has 0 aromatic heterocycles. The van der Waals surface area contributed by atoms with Crippen molar-refractivity contribution in [2.75, 3.05) is 13.7 Å². The third kappa shape index (κ3) is 5.99. The van der Waals surface area contributed by atoms with Gasteiger partial charge in [-0.3, -0.25) is 4.79 Å². The van der Waals surface area contributed by atoms with Gasteiger partial charge in [-0.25, -0.2) is 0 Å². The lowest BCUT2D eigenvalue weighted by Gasteiger charge is -2.33. The van der Waals surface area contributed by atoms with Crippen LogP contribution in [0.15, 0.2) is 0 Å². The lowest BCUT2D eigenvalue weighted by Crippen LogP contribution is -2.36. The molecule has 2 nitrogen and oxygen atoms in total. The highest BCUT2D eigenvalue weighted by atomic mass is 16.5. The Hall–Kier alpha value is -0.370. The molecule has 0 aliphatic rings. The Morgan fingerprint density at radius 1 is 1.06 bits per heavy atom. The molecule has 0 heterocycles. The van der Waals surface area contributed by atoms with Crippen LogP contribution >= 0.6 is 0 Å². The van der Waals surface area contributed by atoms with Crippen LogP contribution in [0, 0.1) is 17.3 Å². The molecule has 2 heteroatoms. The summed E-state index contributed by atoms with van der Waals surface area (Å²) in [5.74, 6) is 1.67. The summed E-state index contributed by atoms with van der Waals surface area (Å²) in [4.78, 5) is 12.4. The smallest absolute Gasteiger partial charge is 0.141 e. The minimum Gasteiger partial charge on any atom is -0.384 e. The van der Waals surface area contributed by atoms with Gasteiger partial charge in [-0.1, -0.05) is 34.6 Å². The van der Waals surface area contributed by atoms with Crippen LogP contribution in [0.5, 0.6) is 0 Å². The van der Waals surface area contributed by atoms with E-state index in [1.807, 2.05) is 6.92 Å². The van der Waals surface area contributed by atoms with Crippen LogP contribution in [0.1, 0.15) is 66.7 Å². The molecule has 0 radical (unpaired) electrons. The fraction of sp³-hybridized carbons (Fsp3) is 0.938. The summed E-state index contributed by atoms with van der Waals surface area (Å²) in [6.45, 7) is 11.4. The van der Waals surface area contributed by atoms with E-state index in [9.17, 15) is 4.79 Å². The van der Waals surface area contributed by atoms with Gasteiger partial charge in [0.15, 0.2) is 0 Å². The molecule has 0 spiro atoms. The van der Waals surface area contributed by atoms with Crippen LogP contribution in [-0.4, -0.2) is 19.5 Å². The molecular weight excluding hydrogens is 224 g/mol. The molecule has 0 amide bonds. The predicted octanol–water partition coefficient (Wildman–Crippen LogP) is 4.47. The molecule has 0 bridgehead atoms. The van der Waals surface area contributed by atoms with Gasteiger partial charge in [0.1, 0.15) is 5.78 Å². The average Bonchev–Trinajstić information content (AvgIpc) is 2.31. The van der Waals surface area contributed by atoms with Gasteiger partial charge in [0.25, 0.3) is 0 Å². The summed E-state index contributed by atoms with van der Waals surface area (Å²) in [7, 11) is 1.71. The summed E-state index contributed by atoms with van der Waals surface area (Å²) < 4.78 is 5.37. The highest BCUT2D eigenvalue weighted by Crippen LogP contribution is 2.35. The Morgan fingerprint density at radius 3 is 1.78 bits per heavy atom. The molecular formula is C16H32O2. The van der Waals surface area contributed by atoms with E-state index < -0.39 is 0 Å². The number of carbonyl (C=O) groups is 1. The maximum absolute atomic E-state index is 12.4. The SMILES string of the molecule is CCC(=O)C(CCC(C)C)(CCC(C)C)COC. The molecule has 0 N–H and O–H groups in total. The Morgan fingerprint density at radius 2 is 1.50 bits per heavy atom. The van der Waals surface area contributed by atoms with E-state index in [4.69, 9.17) is 4.74 Å². The Bertz CT molecular complexity index is 219. The van der Waals surface area contributed by atoms with Crippen molar-refractivity contribution in [3.63, 3.8) is 0 Å². The van der Waals surface area contributed by atoms with Gasteiger partial charge >= 0.3 is 0 Å². The second-order valence-corrected chi connectivity index (χ2v) is 6.36. The predicted molar refractivity (Wildman–Crippen MR) is 77.8 cm³/mol. The van der Waals surface area contributed by atoms with Crippen LogP contribution in [-0.2, 0) is 9.53 Å². The van der Waals surface area contributed by atoms with E-state index in [2.05, 4.69) is 27.7 Å². The van der Waals surface area contributed by atoms with Crippen molar-refractivity contribution in [3.8, 4) is 0 Å². The molecule has 18 heavy (non-hydrogen) atoms. The molecule has 108 valence electrons. The van der Waals surface area contributed by atoms with Crippen molar-refractivity contribution >= 4 is 5.78 Å². The average molecular weight is 256 g/mol. The topological polar surface area (TPSA) is 26.3 Å². The number of hydrogen-bond acceptors (Lipinski definition) is 2. The molecule has 0 aromatic rings. The van der Waals surface area contributed by atoms with E-state index in [1.165, 1.54) is 0 Å². The monoisotopic (exact) mass is 256 g/mol. The molecule has 0 aliphatic carbocycles. The van der Waals surface area contributed by atoms with Crippen molar-refractivity contribution in [2.45, 2.75) is 66.7 Å². The van der Waals surface area contributed by atoms with Gasteiger partial charge in [-0.05, 0) is 37.5 Å². The quantitative estimate of drug-likeness (QED) is 0.576. The Labute approximate surface area is 113 Å². The van der Waals surface area contributed by atoms with E-state index in [1.54, 1.807) is 7.11 Å². The van der Waals surface area contributed by atoms with Gasteiger partial charge in [-0.2, -0.15) is 0 Å². The van der Waals surface area contributed by atoms with Crippen LogP contribution in [0.25, 0.3) is 0 Å². The fourth-order valence-corrected chi connectivity index (χ4v) is 2.41. The fourth-order valence-electron chi connectivity index (χ4n) is 2.41.